The smallest absolute Gasteiger partial charge is 0.147 e. The number of benzene rings is 7. The van der Waals surface area contributed by atoms with E-state index in [2.05, 4.69) is 249 Å². The Morgan fingerprint density at radius 1 is 0.406 bits per heavy atom. The van der Waals surface area contributed by atoms with Gasteiger partial charge >= 0.3 is 0 Å². The standard InChI is InChI=1S/C64H63N5/c1-61(2,3)42-22-26-46(27-23-42)68-55-20-16-19-47(59(55)67-60(68)52-38-45(64(10,11)12)37-51-49-35-43(62(4,5)6)24-29-53(49)66-58(51)52)41-21-28-48-50-36-44(63(7,8)9)25-30-54(50)69(56(48)33-41)57-34-40(31-32-65-57)39-17-14-13-15-18-39/h13-38,66H,1-12H3. The van der Waals surface area contributed by atoms with E-state index in [-0.39, 0.29) is 21.7 Å². The molecular weight excluding hydrogens is 839 g/mol. The van der Waals surface area contributed by atoms with E-state index in [0.717, 1.165) is 78.2 Å². The third kappa shape index (κ3) is 7.64. The number of fused-ring (bicyclic) bond motifs is 7. The van der Waals surface area contributed by atoms with Gasteiger partial charge in [0.1, 0.15) is 11.6 Å². The molecule has 69 heavy (non-hydrogen) atoms. The quantitative estimate of drug-likeness (QED) is 0.187. The number of rotatable bonds is 5. The summed E-state index contributed by atoms with van der Waals surface area (Å²) in [6, 6.07) is 56.3. The molecule has 0 aliphatic carbocycles. The lowest BCUT2D eigenvalue weighted by atomic mass is 9.84. The van der Waals surface area contributed by atoms with Gasteiger partial charge in [-0.15, -0.1) is 0 Å². The molecule has 4 aromatic heterocycles. The van der Waals surface area contributed by atoms with E-state index in [4.69, 9.17) is 9.97 Å². The average Bonchev–Trinajstić information content (AvgIpc) is 3.99. The van der Waals surface area contributed by atoms with Crippen LogP contribution in [-0.2, 0) is 21.7 Å². The van der Waals surface area contributed by atoms with Crippen molar-refractivity contribution in [2.24, 2.45) is 0 Å². The molecule has 0 fully saturated rings. The van der Waals surface area contributed by atoms with Crippen molar-refractivity contribution in [3.05, 3.63) is 180 Å². The third-order valence-corrected chi connectivity index (χ3v) is 14.4. The predicted octanol–water partition coefficient (Wildman–Crippen LogP) is 17.3. The minimum Gasteiger partial charge on any atom is -0.354 e. The van der Waals surface area contributed by atoms with Crippen LogP contribution in [0.25, 0.3) is 99.8 Å². The van der Waals surface area contributed by atoms with Crippen molar-refractivity contribution < 1.29 is 0 Å². The Morgan fingerprint density at radius 2 is 1.06 bits per heavy atom. The first kappa shape index (κ1) is 44.3. The van der Waals surface area contributed by atoms with Crippen molar-refractivity contribution in [3.63, 3.8) is 0 Å². The van der Waals surface area contributed by atoms with Crippen LogP contribution in [0.1, 0.15) is 105 Å². The summed E-state index contributed by atoms with van der Waals surface area (Å²) >= 11 is 0. The zero-order chi connectivity index (χ0) is 48.4. The van der Waals surface area contributed by atoms with Crippen molar-refractivity contribution in [3.8, 4) is 45.1 Å². The molecule has 7 aromatic carbocycles. The molecule has 5 nitrogen and oxygen atoms in total. The number of pyridine rings is 1. The number of imidazole rings is 1. The molecule has 0 unspecified atom stereocenters. The van der Waals surface area contributed by atoms with Gasteiger partial charge in [-0.1, -0.05) is 162 Å². The molecule has 0 aliphatic heterocycles. The summed E-state index contributed by atoms with van der Waals surface area (Å²) in [5.41, 5.74) is 18.2. The van der Waals surface area contributed by atoms with Gasteiger partial charge in [-0.25, -0.2) is 9.97 Å². The maximum absolute atomic E-state index is 5.82. The Balaban J connectivity index is 1.19. The van der Waals surface area contributed by atoms with Gasteiger partial charge in [-0.3, -0.25) is 9.13 Å². The zero-order valence-corrected chi connectivity index (χ0v) is 42.3. The second kappa shape index (κ2) is 15.6. The topological polar surface area (TPSA) is 51.4 Å². The lowest BCUT2D eigenvalue weighted by Gasteiger charge is -2.22. The van der Waals surface area contributed by atoms with Crippen LogP contribution in [-0.4, -0.2) is 24.1 Å². The maximum Gasteiger partial charge on any atom is 0.147 e. The van der Waals surface area contributed by atoms with E-state index in [9.17, 15) is 0 Å². The summed E-state index contributed by atoms with van der Waals surface area (Å²) in [6.07, 6.45) is 1.94. The summed E-state index contributed by atoms with van der Waals surface area (Å²) in [5, 5.41) is 4.87. The molecule has 1 N–H and O–H groups in total. The Hall–Kier alpha value is -7.24. The minimum atomic E-state index is -0.110. The van der Waals surface area contributed by atoms with E-state index in [1.165, 1.54) is 43.8 Å². The van der Waals surface area contributed by atoms with Crippen LogP contribution in [0.15, 0.2) is 158 Å². The van der Waals surface area contributed by atoms with Gasteiger partial charge < -0.3 is 4.98 Å². The van der Waals surface area contributed by atoms with Crippen molar-refractivity contribution in [2.75, 3.05) is 0 Å². The molecule has 0 aliphatic rings. The number of hydrogen-bond donors (Lipinski definition) is 1. The van der Waals surface area contributed by atoms with Gasteiger partial charge in [0.15, 0.2) is 0 Å². The Labute approximate surface area is 406 Å². The number of H-pyrrole nitrogens is 1. The number of para-hydroxylation sites is 1. The SMILES string of the molecule is CC(C)(C)c1ccc(-n2c(-c3cc(C(C)(C)C)cc4c3[nH]c3ccc(C(C)(C)C)cc34)nc3c(-c4ccc5c6cc(C(C)(C)C)ccc6n(-c6cc(-c7ccccc7)ccn6)c5c4)cccc32)cc1. The molecule has 344 valence electrons. The van der Waals surface area contributed by atoms with Gasteiger partial charge in [0, 0.05) is 50.1 Å². The van der Waals surface area contributed by atoms with Crippen LogP contribution in [0.3, 0.4) is 0 Å². The fourth-order valence-electron chi connectivity index (χ4n) is 10.2. The first-order valence-corrected chi connectivity index (χ1v) is 24.6. The van der Waals surface area contributed by atoms with E-state index in [1.54, 1.807) is 0 Å². The zero-order valence-electron chi connectivity index (χ0n) is 42.3. The highest BCUT2D eigenvalue weighted by Crippen LogP contribution is 2.44. The van der Waals surface area contributed by atoms with Crippen LogP contribution >= 0.6 is 0 Å². The van der Waals surface area contributed by atoms with Crippen molar-refractivity contribution in [1.29, 1.82) is 0 Å². The first-order chi connectivity index (χ1) is 32.7. The van der Waals surface area contributed by atoms with Crippen LogP contribution in [0.2, 0.25) is 0 Å². The third-order valence-electron chi connectivity index (χ3n) is 14.4. The molecule has 4 heterocycles. The monoisotopic (exact) mass is 902 g/mol. The lowest BCUT2D eigenvalue weighted by molar-refractivity contribution is 0.590. The molecule has 0 spiro atoms. The largest absolute Gasteiger partial charge is 0.354 e. The molecule has 0 radical (unpaired) electrons. The van der Waals surface area contributed by atoms with Crippen LogP contribution in [0.4, 0.5) is 0 Å². The number of hydrogen-bond acceptors (Lipinski definition) is 2. The van der Waals surface area contributed by atoms with E-state index >= 15 is 0 Å². The highest BCUT2D eigenvalue weighted by Gasteiger charge is 2.27. The lowest BCUT2D eigenvalue weighted by Crippen LogP contribution is -2.12. The maximum atomic E-state index is 5.82. The van der Waals surface area contributed by atoms with Crippen LogP contribution in [0.5, 0.6) is 0 Å². The second-order valence-corrected chi connectivity index (χ2v) is 23.4. The molecule has 11 rings (SSSR count). The Kier molecular flexibility index (Phi) is 10.0. The molecule has 11 aromatic rings. The Morgan fingerprint density at radius 3 is 1.75 bits per heavy atom. The van der Waals surface area contributed by atoms with Gasteiger partial charge in [0.05, 0.1) is 27.6 Å². The number of nitrogens with zero attached hydrogens (tertiary/aromatic N) is 4. The first-order valence-electron chi connectivity index (χ1n) is 24.6. The molecule has 0 saturated heterocycles. The normalized spacial score (nSPS) is 12.9. The van der Waals surface area contributed by atoms with Crippen LogP contribution in [0, 0.1) is 0 Å². The summed E-state index contributed by atoms with van der Waals surface area (Å²) in [4.78, 5) is 14.8. The fourth-order valence-corrected chi connectivity index (χ4v) is 10.2. The van der Waals surface area contributed by atoms with Gasteiger partial charge in [-0.2, -0.15) is 0 Å². The fraction of sp³-hybridized carbons (Fsp3) is 0.250. The summed E-state index contributed by atoms with van der Waals surface area (Å²) in [5.74, 6) is 1.79. The summed E-state index contributed by atoms with van der Waals surface area (Å²) in [6.45, 7) is 27.5. The summed E-state index contributed by atoms with van der Waals surface area (Å²) < 4.78 is 4.74. The van der Waals surface area contributed by atoms with Gasteiger partial charge in [0.2, 0.25) is 0 Å². The molecule has 5 heteroatoms. The van der Waals surface area contributed by atoms with Crippen molar-refractivity contribution >= 4 is 54.6 Å². The van der Waals surface area contributed by atoms with E-state index in [0.29, 0.717) is 0 Å². The molecule has 0 bridgehead atoms. The van der Waals surface area contributed by atoms with Crippen molar-refractivity contribution in [2.45, 2.75) is 105 Å². The highest BCUT2D eigenvalue weighted by molar-refractivity contribution is 6.14. The minimum absolute atomic E-state index is 0.00648. The molecule has 0 amide bonds. The van der Waals surface area contributed by atoms with Crippen LogP contribution < -0.4 is 0 Å². The van der Waals surface area contributed by atoms with E-state index < -0.39 is 0 Å². The Bertz CT molecular complexity index is 3790. The molecular formula is C64H63N5. The highest BCUT2D eigenvalue weighted by atomic mass is 15.1. The van der Waals surface area contributed by atoms with Gasteiger partial charge in [-0.05, 0) is 133 Å². The number of nitrogens with one attached hydrogen (secondary N) is 1. The second-order valence-electron chi connectivity index (χ2n) is 23.4. The average molecular weight is 902 g/mol. The number of aromatic nitrogens is 5. The van der Waals surface area contributed by atoms with Gasteiger partial charge in [0.25, 0.3) is 0 Å². The van der Waals surface area contributed by atoms with E-state index in [1.807, 2.05) is 6.20 Å². The predicted molar refractivity (Wildman–Crippen MR) is 294 cm³/mol. The summed E-state index contributed by atoms with van der Waals surface area (Å²) in [7, 11) is 0. The van der Waals surface area contributed by atoms with Crippen molar-refractivity contribution in [1.82, 2.24) is 24.1 Å². The molecule has 0 saturated carbocycles. The molecule has 0 atom stereocenters. The number of aromatic amines is 1.